The summed E-state index contributed by atoms with van der Waals surface area (Å²) in [7, 11) is -4.84. The van der Waals surface area contributed by atoms with E-state index in [0.29, 0.717) is 21.9 Å². The number of aromatic hydroxyl groups is 1. The molecule has 1 saturated carbocycles. The van der Waals surface area contributed by atoms with Gasteiger partial charge in [0.1, 0.15) is 17.4 Å². The number of nitrogens with two attached hydrogens (primary N) is 1. The van der Waals surface area contributed by atoms with Gasteiger partial charge in [0.25, 0.3) is 11.8 Å². The summed E-state index contributed by atoms with van der Waals surface area (Å²) >= 11 is 1.00. The first kappa shape index (κ1) is 27.3. The number of anilines is 1. The van der Waals surface area contributed by atoms with Gasteiger partial charge in [0.15, 0.2) is 22.7 Å². The molecule has 206 valence electrons. The molecule has 3 heterocycles. The third kappa shape index (κ3) is 4.79. The Morgan fingerprint density at radius 2 is 2.00 bits per heavy atom. The molecule has 17 heteroatoms. The van der Waals surface area contributed by atoms with E-state index >= 15 is 0 Å². The zero-order chi connectivity index (χ0) is 28.0. The van der Waals surface area contributed by atoms with Crippen molar-refractivity contribution in [1.29, 1.82) is 0 Å². The van der Waals surface area contributed by atoms with Gasteiger partial charge in [-0.05, 0) is 18.8 Å². The van der Waals surface area contributed by atoms with E-state index in [9.17, 15) is 37.7 Å². The van der Waals surface area contributed by atoms with Crippen molar-refractivity contribution in [1.82, 2.24) is 19.3 Å². The lowest BCUT2D eigenvalue weighted by atomic mass is 9.79. The number of oxime groups is 1. The van der Waals surface area contributed by atoms with Crippen LogP contribution in [-0.2, 0) is 24.7 Å². The minimum absolute atomic E-state index is 0.00141. The highest BCUT2D eigenvalue weighted by molar-refractivity contribution is 7.84. The van der Waals surface area contributed by atoms with Gasteiger partial charge in [-0.15, -0.1) is 11.3 Å². The standard InChI is InChI=1S/C21H26N6O9S2/c1-10(2)16(12-7-13(28)14(29)8-26(12)32)36-25-15(11-9-37-20(22)23-11)18(30)24-17-19(31)27(38(33,34)35)21(17)5-3-4-6-21/h7-10,16-17,29,32H,3-6H2,1-2H3,(H2,22,23)(H,24,30)(H,33,34,35)/b25-15-/t16?,17-/m1/s1. The number of nitrogens with zero attached hydrogens (tertiary/aromatic N) is 4. The number of β-lactam (4-membered cyclic amide) rings is 1. The number of nitrogen functional groups attached to an aromatic ring is 1. The average molecular weight is 571 g/mol. The highest BCUT2D eigenvalue weighted by atomic mass is 32.2. The molecule has 38 heavy (non-hydrogen) atoms. The summed E-state index contributed by atoms with van der Waals surface area (Å²) in [4.78, 5) is 47.6. The van der Waals surface area contributed by atoms with Gasteiger partial charge >= 0.3 is 10.3 Å². The molecule has 2 aromatic heterocycles. The number of hydrogen-bond acceptors (Lipinski definition) is 12. The van der Waals surface area contributed by atoms with Crippen molar-refractivity contribution in [2.24, 2.45) is 11.1 Å². The first-order valence-corrected chi connectivity index (χ1v) is 13.8. The van der Waals surface area contributed by atoms with Gasteiger partial charge in [-0.3, -0.25) is 18.9 Å². The Morgan fingerprint density at radius 3 is 2.55 bits per heavy atom. The molecule has 0 bridgehead atoms. The number of carbonyl (C=O) groups is 2. The second kappa shape index (κ2) is 9.88. The summed E-state index contributed by atoms with van der Waals surface area (Å²) in [6, 6.07) is -0.294. The van der Waals surface area contributed by atoms with Crippen molar-refractivity contribution < 1.29 is 37.7 Å². The zero-order valence-electron chi connectivity index (χ0n) is 20.3. The fourth-order valence-corrected chi connectivity index (χ4v) is 6.43. The zero-order valence-corrected chi connectivity index (χ0v) is 21.9. The maximum atomic E-state index is 13.4. The molecule has 0 aromatic carbocycles. The number of nitrogens with one attached hydrogen (secondary N) is 1. The molecule has 6 N–H and O–H groups in total. The van der Waals surface area contributed by atoms with Gasteiger partial charge in [-0.25, -0.2) is 9.29 Å². The molecule has 1 unspecified atom stereocenters. The Balaban J connectivity index is 1.67. The SMILES string of the molecule is CC(C)C(O/N=C(\C(=O)N[C@@H]1C(=O)N(S(=O)(=O)O)C12CCCC2)c1csc(N)n1)c1cc(=O)c(O)cn1O. The molecule has 2 atom stereocenters. The van der Waals surface area contributed by atoms with Gasteiger partial charge in [-0.2, -0.15) is 13.1 Å². The Bertz CT molecular complexity index is 1460. The summed E-state index contributed by atoms with van der Waals surface area (Å²) in [5, 5.41) is 27.7. The molecule has 0 radical (unpaired) electrons. The van der Waals surface area contributed by atoms with Crippen molar-refractivity contribution in [3.63, 3.8) is 0 Å². The van der Waals surface area contributed by atoms with Gasteiger partial charge in [0.05, 0.1) is 11.7 Å². The number of rotatable bonds is 8. The molecular formula is C21H26N6O9S2. The molecule has 2 fully saturated rings. The van der Waals surface area contributed by atoms with Crippen LogP contribution in [0.5, 0.6) is 5.75 Å². The number of thiazole rings is 1. The van der Waals surface area contributed by atoms with E-state index in [-0.39, 0.29) is 29.4 Å². The molecule has 1 aliphatic heterocycles. The average Bonchev–Trinajstić information content (AvgIpc) is 3.47. The fourth-order valence-electron chi connectivity index (χ4n) is 4.80. The maximum Gasteiger partial charge on any atom is 0.362 e. The lowest BCUT2D eigenvalue weighted by Gasteiger charge is -2.53. The molecule has 1 spiro atoms. The van der Waals surface area contributed by atoms with Crippen molar-refractivity contribution in [2.45, 2.75) is 57.2 Å². The highest BCUT2D eigenvalue weighted by Gasteiger charge is 2.66. The predicted octanol–water partition coefficient (Wildman–Crippen LogP) is 0.391. The smallest absolute Gasteiger partial charge is 0.362 e. The molecule has 1 aliphatic carbocycles. The first-order valence-electron chi connectivity index (χ1n) is 11.5. The second-order valence-electron chi connectivity index (χ2n) is 9.37. The molecule has 1 saturated heterocycles. The Morgan fingerprint density at radius 1 is 1.34 bits per heavy atom. The van der Waals surface area contributed by atoms with Crippen LogP contribution >= 0.6 is 11.3 Å². The third-order valence-electron chi connectivity index (χ3n) is 6.54. The number of carbonyl (C=O) groups excluding carboxylic acids is 2. The molecule has 15 nitrogen and oxygen atoms in total. The summed E-state index contributed by atoms with van der Waals surface area (Å²) in [6.07, 6.45) is 1.39. The lowest BCUT2D eigenvalue weighted by Crippen LogP contribution is -2.79. The van der Waals surface area contributed by atoms with Crippen LogP contribution in [0.15, 0.2) is 27.6 Å². The van der Waals surface area contributed by atoms with E-state index in [2.05, 4.69) is 15.5 Å². The van der Waals surface area contributed by atoms with Gasteiger partial charge in [-0.1, -0.05) is 31.8 Å². The summed E-state index contributed by atoms with van der Waals surface area (Å²) in [5.41, 5.74) is 3.17. The highest BCUT2D eigenvalue weighted by Crippen LogP contribution is 2.47. The summed E-state index contributed by atoms with van der Waals surface area (Å²) in [5.74, 6) is -3.01. The molecule has 4 rings (SSSR count). The first-order chi connectivity index (χ1) is 17.8. The number of aromatic nitrogens is 2. The number of amides is 2. The van der Waals surface area contributed by atoms with Crippen molar-refractivity contribution in [3.8, 4) is 5.75 Å². The van der Waals surface area contributed by atoms with Gasteiger partial charge in [0, 0.05) is 11.4 Å². The third-order valence-corrected chi connectivity index (χ3v) is 8.22. The minimum Gasteiger partial charge on any atom is -0.503 e. The topological polar surface area (TPSA) is 227 Å². The normalized spacial score (nSPS) is 20.0. The van der Waals surface area contributed by atoms with E-state index in [1.165, 1.54) is 5.38 Å². The van der Waals surface area contributed by atoms with Crippen LogP contribution in [-0.4, -0.2) is 66.4 Å². The molecule has 2 aliphatic rings. The Hall–Kier alpha value is -3.70. The summed E-state index contributed by atoms with van der Waals surface area (Å²) < 4.78 is 34.2. The van der Waals surface area contributed by atoms with Crippen LogP contribution in [0.4, 0.5) is 5.13 Å². The molecular weight excluding hydrogens is 544 g/mol. The Labute approximate surface area is 220 Å². The van der Waals surface area contributed by atoms with Crippen molar-refractivity contribution in [3.05, 3.63) is 39.3 Å². The largest absolute Gasteiger partial charge is 0.503 e. The van der Waals surface area contributed by atoms with Crippen LogP contribution in [0.3, 0.4) is 0 Å². The van der Waals surface area contributed by atoms with Gasteiger partial charge < -0.3 is 26.2 Å². The van der Waals surface area contributed by atoms with E-state index < -0.39 is 62.6 Å². The fraction of sp³-hybridized carbons (Fsp3) is 0.476. The lowest BCUT2D eigenvalue weighted by molar-refractivity contribution is -0.153. The monoisotopic (exact) mass is 570 g/mol. The van der Waals surface area contributed by atoms with Crippen LogP contribution in [0.1, 0.15) is 57.0 Å². The van der Waals surface area contributed by atoms with Crippen LogP contribution in [0.25, 0.3) is 0 Å². The van der Waals surface area contributed by atoms with Crippen molar-refractivity contribution in [2.75, 3.05) is 5.73 Å². The van der Waals surface area contributed by atoms with E-state index in [4.69, 9.17) is 10.6 Å². The van der Waals surface area contributed by atoms with Crippen LogP contribution in [0.2, 0.25) is 0 Å². The quantitative estimate of drug-likeness (QED) is 0.0958. The minimum atomic E-state index is -4.84. The van der Waals surface area contributed by atoms with Gasteiger partial charge in [0.2, 0.25) is 5.43 Å². The number of hydrogen-bond donors (Lipinski definition) is 5. The maximum absolute atomic E-state index is 13.4. The van der Waals surface area contributed by atoms with E-state index in [0.717, 1.165) is 23.6 Å². The predicted molar refractivity (Wildman–Crippen MR) is 133 cm³/mol. The molecule has 2 aromatic rings. The van der Waals surface area contributed by atoms with E-state index in [1.54, 1.807) is 13.8 Å². The number of pyridine rings is 1. The second-order valence-corrected chi connectivity index (χ2v) is 11.5. The Kier molecular flexibility index (Phi) is 7.11. The van der Waals surface area contributed by atoms with E-state index in [1.807, 2.05) is 0 Å². The van der Waals surface area contributed by atoms with Crippen LogP contribution < -0.4 is 16.5 Å². The van der Waals surface area contributed by atoms with Crippen LogP contribution in [0, 0.1) is 5.92 Å². The summed E-state index contributed by atoms with van der Waals surface area (Å²) in [6.45, 7) is 3.39. The molecule has 2 amide bonds. The van der Waals surface area contributed by atoms with Crippen molar-refractivity contribution >= 4 is 44.3 Å².